The Morgan fingerprint density at radius 2 is 1.84 bits per heavy atom. The van der Waals surface area contributed by atoms with Crippen molar-refractivity contribution in [1.29, 1.82) is 0 Å². The molecule has 4 rings (SSSR count). The molecule has 5 nitrogen and oxygen atoms in total. The number of benzene rings is 2. The lowest BCUT2D eigenvalue weighted by Crippen LogP contribution is -2.47. The second kappa shape index (κ2) is 9.02. The maximum Gasteiger partial charge on any atom is 0.200 e. The molecule has 4 N–H and O–H groups in total. The van der Waals surface area contributed by atoms with E-state index < -0.39 is 5.54 Å². The lowest BCUT2D eigenvalue weighted by molar-refractivity contribution is 0.115. The summed E-state index contributed by atoms with van der Waals surface area (Å²) >= 11 is 0. The summed E-state index contributed by atoms with van der Waals surface area (Å²) in [5.41, 5.74) is 8.99. The van der Waals surface area contributed by atoms with Crippen LogP contribution in [-0.2, 0) is 6.42 Å². The number of fused-ring (bicyclic) bond motifs is 2. The number of aliphatic hydroxyl groups is 2. The third-order valence-corrected chi connectivity index (χ3v) is 5.79. The van der Waals surface area contributed by atoms with Gasteiger partial charge in [-0.05, 0) is 66.6 Å². The van der Waals surface area contributed by atoms with Crippen LogP contribution in [0.5, 0.6) is 0 Å². The molecular weight excluding hydrogens is 390 g/mol. The number of rotatable bonds is 7. The molecule has 0 unspecified atom stereocenters. The Labute approximate surface area is 180 Å². The van der Waals surface area contributed by atoms with Crippen molar-refractivity contribution >= 4 is 28.0 Å². The highest BCUT2D eigenvalue weighted by atomic mass is 16.3. The number of aliphatic hydroxyl groups excluding tert-OH is 2. The monoisotopic (exact) mass is 417 g/mol. The van der Waals surface area contributed by atoms with Crippen molar-refractivity contribution in [1.82, 2.24) is 0 Å². The lowest BCUT2D eigenvalue weighted by Gasteiger charge is -2.24. The van der Waals surface area contributed by atoms with Gasteiger partial charge in [-0.25, -0.2) is 0 Å². The molecule has 1 heterocycles. The van der Waals surface area contributed by atoms with Crippen molar-refractivity contribution in [3.8, 4) is 0 Å². The Kier molecular flexibility index (Phi) is 6.18. The number of nitrogens with two attached hydrogens (primary N) is 1. The van der Waals surface area contributed by atoms with E-state index in [9.17, 15) is 15.0 Å². The largest absolute Gasteiger partial charge is 0.456 e. The molecule has 0 aliphatic heterocycles. The molecule has 31 heavy (non-hydrogen) atoms. The van der Waals surface area contributed by atoms with Crippen molar-refractivity contribution in [2.75, 3.05) is 13.2 Å². The smallest absolute Gasteiger partial charge is 0.200 e. The molecule has 5 heteroatoms. The molecular formula is C26H27NO4. The number of aryl methyl sites for hydroxylation is 1. The minimum absolute atomic E-state index is 0.0614. The highest BCUT2D eigenvalue weighted by molar-refractivity contribution is 5.91. The Morgan fingerprint density at radius 1 is 1.00 bits per heavy atom. The molecule has 160 valence electrons. The Morgan fingerprint density at radius 3 is 2.58 bits per heavy atom. The van der Waals surface area contributed by atoms with Gasteiger partial charge < -0.3 is 20.4 Å². The molecule has 3 aromatic rings. The molecule has 0 amide bonds. The van der Waals surface area contributed by atoms with E-state index in [0.29, 0.717) is 34.8 Å². The van der Waals surface area contributed by atoms with Crippen LogP contribution in [0.4, 0.5) is 0 Å². The summed E-state index contributed by atoms with van der Waals surface area (Å²) in [4.78, 5) is 13.1. The van der Waals surface area contributed by atoms with Crippen LogP contribution < -0.4 is 11.2 Å². The third-order valence-electron chi connectivity index (χ3n) is 5.79. The Hall–Kier alpha value is -2.99. The molecule has 0 bridgehead atoms. The van der Waals surface area contributed by atoms with Gasteiger partial charge in [0.05, 0.1) is 29.5 Å². The molecule has 0 atom stereocenters. The molecule has 0 fully saturated rings. The Bertz CT molecular complexity index is 1250. The fourth-order valence-corrected chi connectivity index (χ4v) is 3.73. The van der Waals surface area contributed by atoms with Gasteiger partial charge in [0, 0.05) is 0 Å². The predicted octanol–water partition coefficient (Wildman–Crippen LogP) is 3.85. The number of allylic oxidation sites excluding steroid dienone is 5. The Balaban J connectivity index is 1.64. The van der Waals surface area contributed by atoms with Crippen LogP contribution in [0, 0.1) is 0 Å². The zero-order valence-corrected chi connectivity index (χ0v) is 17.4. The van der Waals surface area contributed by atoms with Gasteiger partial charge in [-0.3, -0.25) is 4.79 Å². The molecule has 1 aromatic heterocycles. The summed E-state index contributed by atoms with van der Waals surface area (Å²) in [6, 6.07) is 11.1. The van der Waals surface area contributed by atoms with Crippen molar-refractivity contribution in [3.63, 3.8) is 0 Å². The summed E-state index contributed by atoms with van der Waals surface area (Å²) in [7, 11) is 0. The summed E-state index contributed by atoms with van der Waals surface area (Å²) in [6.45, 7) is -0.581. The number of hydrogen-bond donors (Lipinski definition) is 3. The van der Waals surface area contributed by atoms with Gasteiger partial charge in [0.25, 0.3) is 0 Å². The highest BCUT2D eigenvalue weighted by Crippen LogP contribution is 2.23. The van der Waals surface area contributed by atoms with Crippen LogP contribution in [0.15, 0.2) is 75.5 Å². The van der Waals surface area contributed by atoms with Crippen LogP contribution in [0.2, 0.25) is 0 Å². The zero-order chi connectivity index (χ0) is 21.8. The van der Waals surface area contributed by atoms with E-state index in [0.717, 1.165) is 24.0 Å². The van der Waals surface area contributed by atoms with Gasteiger partial charge in [-0.15, -0.1) is 0 Å². The van der Waals surface area contributed by atoms with E-state index in [2.05, 4.69) is 24.3 Å². The SMILES string of the molecule is NC(CO)(CO)CCc1ccc2c(=O)c3cc(/C=C/C4=CCCC=C4)ccc3oc2c1. The molecule has 2 aromatic carbocycles. The molecule has 0 radical (unpaired) electrons. The first kappa shape index (κ1) is 21.2. The summed E-state index contributed by atoms with van der Waals surface area (Å²) in [5.74, 6) is 0. The van der Waals surface area contributed by atoms with Crippen molar-refractivity contribution in [2.45, 2.75) is 31.2 Å². The van der Waals surface area contributed by atoms with Crippen LogP contribution in [0.1, 0.15) is 30.4 Å². The van der Waals surface area contributed by atoms with Gasteiger partial charge in [0.15, 0.2) is 0 Å². The maximum atomic E-state index is 13.1. The van der Waals surface area contributed by atoms with Gasteiger partial charge >= 0.3 is 0 Å². The fraction of sp³-hybridized carbons (Fsp3) is 0.269. The van der Waals surface area contributed by atoms with E-state index in [4.69, 9.17) is 10.2 Å². The average molecular weight is 418 g/mol. The standard InChI is InChI=1S/C26H27NO4/c27-26(16-28,17-29)13-12-20-8-10-21-24(15-20)31-23-11-9-19(14-22(23)25(21)30)7-6-18-4-2-1-3-5-18/h2,4-11,14-15,28-29H,1,3,12-13,16-17,27H2/b7-6+. The van der Waals surface area contributed by atoms with Gasteiger partial charge in [0.2, 0.25) is 5.43 Å². The maximum absolute atomic E-state index is 13.1. The second-order valence-corrected chi connectivity index (χ2v) is 8.21. The van der Waals surface area contributed by atoms with Gasteiger partial charge in [-0.2, -0.15) is 0 Å². The van der Waals surface area contributed by atoms with Crippen molar-refractivity contribution < 1.29 is 14.6 Å². The van der Waals surface area contributed by atoms with Crippen LogP contribution in [-0.4, -0.2) is 29.0 Å². The highest BCUT2D eigenvalue weighted by Gasteiger charge is 2.22. The van der Waals surface area contributed by atoms with E-state index in [1.54, 1.807) is 6.07 Å². The zero-order valence-electron chi connectivity index (χ0n) is 17.4. The average Bonchev–Trinajstić information content (AvgIpc) is 2.82. The van der Waals surface area contributed by atoms with Crippen molar-refractivity contribution in [3.05, 3.63) is 87.6 Å². The topological polar surface area (TPSA) is 96.7 Å². The van der Waals surface area contributed by atoms with Crippen molar-refractivity contribution in [2.24, 2.45) is 5.73 Å². The van der Waals surface area contributed by atoms with E-state index >= 15 is 0 Å². The first-order valence-electron chi connectivity index (χ1n) is 10.6. The fourth-order valence-electron chi connectivity index (χ4n) is 3.73. The third kappa shape index (κ3) is 4.69. The molecule has 0 saturated carbocycles. The minimum atomic E-state index is -1.02. The lowest BCUT2D eigenvalue weighted by atomic mass is 9.93. The van der Waals surface area contributed by atoms with Gasteiger partial charge in [-0.1, -0.05) is 42.5 Å². The quantitative estimate of drug-likeness (QED) is 0.508. The molecule has 0 spiro atoms. The van der Waals surface area contributed by atoms with E-state index in [1.807, 2.05) is 36.4 Å². The molecule has 1 aliphatic carbocycles. The minimum Gasteiger partial charge on any atom is -0.456 e. The first-order chi connectivity index (χ1) is 15.0. The summed E-state index contributed by atoms with van der Waals surface area (Å²) < 4.78 is 6.03. The normalized spacial score (nSPS) is 14.6. The molecule has 1 aliphatic rings. The van der Waals surface area contributed by atoms with Crippen LogP contribution in [0.25, 0.3) is 28.0 Å². The summed E-state index contributed by atoms with van der Waals surface area (Å²) in [6.07, 6.45) is 13.7. The molecule has 0 saturated heterocycles. The first-order valence-corrected chi connectivity index (χ1v) is 10.6. The number of hydrogen-bond acceptors (Lipinski definition) is 5. The van der Waals surface area contributed by atoms with Crippen LogP contribution >= 0.6 is 0 Å². The summed E-state index contributed by atoms with van der Waals surface area (Å²) in [5, 5.41) is 19.8. The van der Waals surface area contributed by atoms with Crippen LogP contribution in [0.3, 0.4) is 0 Å². The van der Waals surface area contributed by atoms with E-state index in [-0.39, 0.29) is 18.6 Å². The second-order valence-electron chi connectivity index (χ2n) is 8.21. The van der Waals surface area contributed by atoms with Gasteiger partial charge in [0.1, 0.15) is 11.2 Å². The predicted molar refractivity (Wildman–Crippen MR) is 125 cm³/mol. The van der Waals surface area contributed by atoms with E-state index in [1.165, 1.54) is 5.57 Å².